The summed E-state index contributed by atoms with van der Waals surface area (Å²) in [7, 11) is 1.29. The highest BCUT2D eigenvalue weighted by atomic mass is 35.5. The predicted octanol–water partition coefficient (Wildman–Crippen LogP) is 1.95. The molecule has 0 unspecified atom stereocenters. The number of carbonyl (C=O) groups is 1. The van der Waals surface area contributed by atoms with Gasteiger partial charge < -0.3 is 15.2 Å². The molecule has 0 saturated heterocycles. The number of pyridine rings is 1. The lowest BCUT2D eigenvalue weighted by Gasteiger charge is -2.10. The van der Waals surface area contributed by atoms with Crippen molar-refractivity contribution in [3.05, 3.63) is 40.4 Å². The van der Waals surface area contributed by atoms with Crippen LogP contribution in [-0.2, 0) is 11.3 Å². The molecule has 0 aliphatic heterocycles. The van der Waals surface area contributed by atoms with Crippen LogP contribution in [-0.4, -0.2) is 33.5 Å². The zero-order valence-corrected chi connectivity index (χ0v) is 12.8. The number of carbonyl (C=O) groups excluding carboxylic acids is 1. The maximum Gasteiger partial charge on any atom is 0.339 e. The molecular formula is C14H12ClN5O3. The molecule has 9 heteroatoms. The fourth-order valence-electron chi connectivity index (χ4n) is 2.06. The van der Waals surface area contributed by atoms with Gasteiger partial charge in [-0.3, -0.25) is 0 Å². The van der Waals surface area contributed by atoms with Gasteiger partial charge in [0.1, 0.15) is 12.4 Å². The second-order valence-electron chi connectivity index (χ2n) is 4.61. The Hall–Kier alpha value is -2.87. The number of halogens is 1. The number of anilines is 1. The van der Waals surface area contributed by atoms with Gasteiger partial charge in [-0.25, -0.2) is 14.9 Å². The van der Waals surface area contributed by atoms with Crippen LogP contribution in [0.5, 0.6) is 5.75 Å². The molecule has 0 fully saturated rings. The Labute approximate surface area is 135 Å². The number of fused-ring (bicyclic) bond motifs is 1. The van der Waals surface area contributed by atoms with Crippen LogP contribution < -0.4 is 10.5 Å². The van der Waals surface area contributed by atoms with Gasteiger partial charge >= 0.3 is 5.97 Å². The number of rotatable bonds is 4. The monoisotopic (exact) mass is 333 g/mol. The molecule has 118 valence electrons. The average Bonchev–Trinajstić information content (AvgIpc) is 3.01. The first-order valence-electron chi connectivity index (χ1n) is 6.56. The number of esters is 1. The molecule has 3 aromatic rings. The van der Waals surface area contributed by atoms with E-state index in [2.05, 4.69) is 25.1 Å². The minimum absolute atomic E-state index is 0.120. The number of H-pyrrole nitrogens is 1. The summed E-state index contributed by atoms with van der Waals surface area (Å²) in [6.45, 7) is 0.120. The summed E-state index contributed by atoms with van der Waals surface area (Å²) in [5, 5.41) is 10.5. The van der Waals surface area contributed by atoms with Gasteiger partial charge in [0.05, 0.1) is 17.7 Å². The first-order valence-corrected chi connectivity index (χ1v) is 6.93. The van der Waals surface area contributed by atoms with Crippen LogP contribution in [0.25, 0.3) is 11.2 Å². The maximum absolute atomic E-state index is 11.7. The van der Waals surface area contributed by atoms with E-state index >= 15 is 0 Å². The highest BCUT2D eigenvalue weighted by Crippen LogP contribution is 2.27. The fraction of sp³-hybridized carbons (Fsp3) is 0.143. The molecule has 0 saturated carbocycles. The van der Waals surface area contributed by atoms with Gasteiger partial charge in [-0.1, -0.05) is 28.9 Å². The van der Waals surface area contributed by atoms with Crippen molar-refractivity contribution in [3.63, 3.8) is 0 Å². The summed E-state index contributed by atoms with van der Waals surface area (Å²) >= 11 is 6.23. The summed E-state index contributed by atoms with van der Waals surface area (Å²) in [6, 6.07) is 6.57. The van der Waals surface area contributed by atoms with E-state index in [1.165, 1.54) is 7.11 Å². The summed E-state index contributed by atoms with van der Waals surface area (Å²) in [6.07, 6.45) is 0. The smallest absolute Gasteiger partial charge is 0.339 e. The quantitative estimate of drug-likeness (QED) is 0.701. The number of benzene rings is 1. The summed E-state index contributed by atoms with van der Waals surface area (Å²) in [5.41, 5.74) is 7.49. The lowest BCUT2D eigenvalue weighted by Crippen LogP contribution is -2.05. The summed E-state index contributed by atoms with van der Waals surface area (Å²) < 4.78 is 10.4. The van der Waals surface area contributed by atoms with Gasteiger partial charge in [0, 0.05) is 11.6 Å². The zero-order valence-electron chi connectivity index (χ0n) is 12.0. The van der Waals surface area contributed by atoms with E-state index in [4.69, 9.17) is 22.1 Å². The van der Waals surface area contributed by atoms with Gasteiger partial charge in [-0.15, -0.1) is 5.10 Å². The van der Waals surface area contributed by atoms with E-state index in [-0.39, 0.29) is 23.0 Å². The third kappa shape index (κ3) is 2.88. The number of aromatic nitrogens is 4. The Bertz CT molecular complexity index is 880. The molecule has 3 N–H and O–H groups in total. The Morgan fingerprint density at radius 3 is 3.04 bits per heavy atom. The largest absolute Gasteiger partial charge is 0.486 e. The molecule has 8 nitrogen and oxygen atoms in total. The third-order valence-electron chi connectivity index (χ3n) is 3.15. The van der Waals surface area contributed by atoms with E-state index in [0.717, 1.165) is 0 Å². The van der Waals surface area contributed by atoms with Crippen molar-refractivity contribution in [2.75, 3.05) is 12.8 Å². The van der Waals surface area contributed by atoms with E-state index in [0.29, 0.717) is 22.5 Å². The number of nitrogens with two attached hydrogens (primary N) is 1. The van der Waals surface area contributed by atoms with Crippen molar-refractivity contribution in [1.82, 2.24) is 20.4 Å². The number of aromatic amines is 1. The average molecular weight is 334 g/mol. The molecule has 0 aliphatic carbocycles. The highest BCUT2D eigenvalue weighted by Gasteiger charge is 2.15. The Kier molecular flexibility index (Phi) is 3.98. The Morgan fingerprint density at radius 1 is 1.43 bits per heavy atom. The van der Waals surface area contributed by atoms with Crippen LogP contribution in [0.4, 0.5) is 5.82 Å². The standard InChI is InChI=1S/C14H12ClN5O3/c1-22-14(21)8-4-2-3-7(11(8)15)6-23-9-5-10(16)17-13-12(9)18-20-19-13/h2-5H,6H2,1H3,(H3,16,17,18,19,20). The van der Waals surface area contributed by atoms with Crippen molar-refractivity contribution in [3.8, 4) is 5.75 Å². The minimum atomic E-state index is -0.510. The van der Waals surface area contributed by atoms with Crippen molar-refractivity contribution in [1.29, 1.82) is 0 Å². The molecule has 0 aliphatic rings. The van der Waals surface area contributed by atoms with Crippen LogP contribution in [0.3, 0.4) is 0 Å². The zero-order chi connectivity index (χ0) is 16.4. The predicted molar refractivity (Wildman–Crippen MR) is 83.2 cm³/mol. The molecule has 2 heterocycles. The topological polar surface area (TPSA) is 116 Å². The van der Waals surface area contributed by atoms with E-state index < -0.39 is 5.97 Å². The van der Waals surface area contributed by atoms with Crippen molar-refractivity contribution < 1.29 is 14.3 Å². The minimum Gasteiger partial charge on any atom is -0.486 e. The summed E-state index contributed by atoms with van der Waals surface area (Å²) in [4.78, 5) is 15.7. The van der Waals surface area contributed by atoms with Crippen molar-refractivity contribution in [2.45, 2.75) is 6.61 Å². The highest BCUT2D eigenvalue weighted by molar-refractivity contribution is 6.34. The number of nitrogen functional groups attached to an aromatic ring is 1. The van der Waals surface area contributed by atoms with Crippen LogP contribution >= 0.6 is 11.6 Å². The van der Waals surface area contributed by atoms with Crippen molar-refractivity contribution >= 4 is 34.6 Å². The number of ether oxygens (including phenoxy) is 2. The number of hydrogen-bond donors (Lipinski definition) is 2. The van der Waals surface area contributed by atoms with Gasteiger partial charge in [-0.05, 0) is 6.07 Å². The van der Waals surface area contributed by atoms with Crippen molar-refractivity contribution in [2.24, 2.45) is 0 Å². The van der Waals surface area contributed by atoms with E-state index in [1.54, 1.807) is 24.3 Å². The molecule has 2 aromatic heterocycles. The van der Waals surface area contributed by atoms with Gasteiger partial charge in [-0.2, -0.15) is 0 Å². The first kappa shape index (κ1) is 15.0. The molecule has 0 amide bonds. The molecule has 1 aromatic carbocycles. The lowest BCUT2D eigenvalue weighted by molar-refractivity contribution is 0.0600. The van der Waals surface area contributed by atoms with Gasteiger partial charge in [0.25, 0.3) is 0 Å². The van der Waals surface area contributed by atoms with Crippen LogP contribution in [0, 0.1) is 0 Å². The number of nitrogens with one attached hydrogen (secondary N) is 1. The first-order chi connectivity index (χ1) is 11.1. The van der Waals surface area contributed by atoms with Crippen LogP contribution in [0.15, 0.2) is 24.3 Å². The Balaban J connectivity index is 1.88. The second kappa shape index (κ2) is 6.09. The second-order valence-corrected chi connectivity index (χ2v) is 4.99. The van der Waals surface area contributed by atoms with E-state index in [1.807, 2.05) is 0 Å². The van der Waals surface area contributed by atoms with Gasteiger partial charge in [0.15, 0.2) is 16.9 Å². The van der Waals surface area contributed by atoms with Crippen LogP contribution in [0.2, 0.25) is 5.02 Å². The number of nitrogens with zero attached hydrogens (tertiary/aromatic N) is 3. The van der Waals surface area contributed by atoms with E-state index in [9.17, 15) is 4.79 Å². The lowest BCUT2D eigenvalue weighted by atomic mass is 10.1. The molecule has 3 rings (SSSR count). The summed E-state index contributed by atoms with van der Waals surface area (Å²) in [5.74, 6) is 0.178. The number of hydrogen-bond acceptors (Lipinski definition) is 7. The number of methoxy groups -OCH3 is 1. The third-order valence-corrected chi connectivity index (χ3v) is 3.60. The van der Waals surface area contributed by atoms with Gasteiger partial charge in [0.2, 0.25) is 0 Å². The van der Waals surface area contributed by atoms with Crippen LogP contribution in [0.1, 0.15) is 15.9 Å². The SMILES string of the molecule is COC(=O)c1cccc(COc2cc(N)nc3[nH]nnc23)c1Cl. The molecular weight excluding hydrogens is 322 g/mol. The molecule has 0 radical (unpaired) electrons. The maximum atomic E-state index is 11.7. The fourth-order valence-corrected chi connectivity index (χ4v) is 2.31. The molecule has 0 bridgehead atoms. The molecule has 0 spiro atoms. The molecule has 0 atom stereocenters. The normalized spacial score (nSPS) is 10.7. The Morgan fingerprint density at radius 2 is 2.26 bits per heavy atom. The molecule has 23 heavy (non-hydrogen) atoms.